The van der Waals surface area contributed by atoms with Gasteiger partial charge in [0.25, 0.3) is 0 Å². The van der Waals surface area contributed by atoms with E-state index in [1.807, 2.05) is 16.7 Å². The zero-order chi connectivity index (χ0) is 10.8. The number of nitrogens with zero attached hydrogens (tertiary/aromatic N) is 3. The van der Waals surface area contributed by atoms with Crippen LogP contribution in [-0.2, 0) is 6.54 Å². The van der Waals surface area contributed by atoms with Gasteiger partial charge in [0.1, 0.15) is 6.33 Å². The maximum atomic E-state index is 5.60. The van der Waals surface area contributed by atoms with Gasteiger partial charge in [0.2, 0.25) is 0 Å². The molecule has 1 heterocycles. The van der Waals surface area contributed by atoms with Crippen LogP contribution >= 0.6 is 0 Å². The summed E-state index contributed by atoms with van der Waals surface area (Å²) in [4.78, 5) is 0. The molecule has 15 heavy (non-hydrogen) atoms. The topological polar surface area (TPSA) is 56.7 Å². The molecule has 0 aliphatic carbocycles. The molecule has 0 radical (unpaired) electrons. The Morgan fingerprint density at radius 3 is 2.87 bits per heavy atom. The first-order chi connectivity index (χ1) is 7.24. The van der Waals surface area contributed by atoms with Gasteiger partial charge in [-0.2, -0.15) is 0 Å². The highest BCUT2D eigenvalue weighted by Gasteiger charge is 2.07. The maximum Gasteiger partial charge on any atom is 0.151 e. The fraction of sp³-hybridized carbons (Fsp3) is 0.273. The van der Waals surface area contributed by atoms with Crippen molar-refractivity contribution >= 4 is 0 Å². The molecule has 2 N–H and O–H groups in total. The Kier molecular flexibility index (Phi) is 2.51. The highest BCUT2D eigenvalue weighted by atomic mass is 15.3. The summed E-state index contributed by atoms with van der Waals surface area (Å²) < 4.78 is 1.93. The van der Waals surface area contributed by atoms with Gasteiger partial charge in [-0.1, -0.05) is 12.1 Å². The summed E-state index contributed by atoms with van der Waals surface area (Å²) in [5.41, 5.74) is 9.18. The number of aryl methyl sites for hydroxylation is 1. The van der Waals surface area contributed by atoms with Crippen LogP contribution in [0.15, 0.2) is 24.5 Å². The third-order valence-electron chi connectivity index (χ3n) is 2.64. The smallest absolute Gasteiger partial charge is 0.151 e. The van der Waals surface area contributed by atoms with Crippen molar-refractivity contribution in [3.8, 4) is 5.69 Å². The van der Waals surface area contributed by atoms with Crippen LogP contribution in [0.4, 0.5) is 0 Å². The van der Waals surface area contributed by atoms with Gasteiger partial charge < -0.3 is 5.73 Å². The van der Waals surface area contributed by atoms with Crippen molar-refractivity contribution in [3.05, 3.63) is 41.5 Å². The molecule has 4 nitrogen and oxygen atoms in total. The van der Waals surface area contributed by atoms with Crippen LogP contribution in [0, 0.1) is 13.8 Å². The molecule has 2 aromatic rings. The van der Waals surface area contributed by atoms with Gasteiger partial charge in [-0.05, 0) is 31.0 Å². The summed E-state index contributed by atoms with van der Waals surface area (Å²) in [5.74, 6) is 0.781. The van der Waals surface area contributed by atoms with Crippen molar-refractivity contribution in [1.29, 1.82) is 0 Å². The highest BCUT2D eigenvalue weighted by Crippen LogP contribution is 2.17. The largest absolute Gasteiger partial charge is 0.324 e. The number of benzene rings is 1. The van der Waals surface area contributed by atoms with E-state index >= 15 is 0 Å². The van der Waals surface area contributed by atoms with Gasteiger partial charge in [-0.25, -0.2) is 0 Å². The minimum absolute atomic E-state index is 0.396. The Hall–Kier alpha value is -1.68. The molecule has 0 amide bonds. The number of nitrogens with two attached hydrogens (primary N) is 1. The minimum Gasteiger partial charge on any atom is -0.324 e. The third-order valence-corrected chi connectivity index (χ3v) is 2.64. The average molecular weight is 202 g/mol. The van der Waals surface area contributed by atoms with E-state index in [1.54, 1.807) is 6.33 Å². The molecular formula is C11H14N4. The first-order valence-electron chi connectivity index (χ1n) is 4.89. The predicted octanol–water partition coefficient (Wildman–Crippen LogP) is 1.34. The summed E-state index contributed by atoms with van der Waals surface area (Å²) in [6, 6.07) is 6.16. The molecule has 4 heteroatoms. The lowest BCUT2D eigenvalue weighted by Crippen LogP contribution is -2.07. The average Bonchev–Trinajstić information content (AvgIpc) is 2.70. The van der Waals surface area contributed by atoms with Crippen LogP contribution in [0.1, 0.15) is 17.0 Å². The van der Waals surface area contributed by atoms with Gasteiger partial charge in [0.15, 0.2) is 5.82 Å². The molecule has 0 aliphatic rings. The zero-order valence-corrected chi connectivity index (χ0v) is 8.94. The third kappa shape index (κ3) is 1.64. The Labute approximate surface area is 88.8 Å². The molecule has 0 unspecified atom stereocenters. The first-order valence-corrected chi connectivity index (χ1v) is 4.89. The Morgan fingerprint density at radius 1 is 1.33 bits per heavy atom. The van der Waals surface area contributed by atoms with E-state index in [0.29, 0.717) is 6.54 Å². The summed E-state index contributed by atoms with van der Waals surface area (Å²) in [6.45, 7) is 4.57. The molecule has 0 fully saturated rings. The van der Waals surface area contributed by atoms with Crippen LogP contribution in [0.25, 0.3) is 5.69 Å². The standard InChI is InChI=1S/C11H14N4/c1-8-4-3-5-10(9(8)2)15-7-13-14-11(15)6-12/h3-5,7H,6,12H2,1-2H3. The van der Waals surface area contributed by atoms with Gasteiger partial charge in [-0.15, -0.1) is 10.2 Å². The van der Waals surface area contributed by atoms with E-state index in [-0.39, 0.29) is 0 Å². The van der Waals surface area contributed by atoms with Crippen molar-refractivity contribution < 1.29 is 0 Å². The van der Waals surface area contributed by atoms with Gasteiger partial charge >= 0.3 is 0 Å². The fourth-order valence-electron chi connectivity index (χ4n) is 1.60. The van der Waals surface area contributed by atoms with E-state index in [2.05, 4.69) is 30.1 Å². The molecular weight excluding hydrogens is 188 g/mol. The van der Waals surface area contributed by atoms with Crippen molar-refractivity contribution in [2.75, 3.05) is 0 Å². The van der Waals surface area contributed by atoms with Crippen LogP contribution in [0.2, 0.25) is 0 Å². The summed E-state index contributed by atoms with van der Waals surface area (Å²) >= 11 is 0. The van der Waals surface area contributed by atoms with Gasteiger partial charge in [0, 0.05) is 0 Å². The second-order valence-corrected chi connectivity index (χ2v) is 3.54. The fourth-order valence-corrected chi connectivity index (χ4v) is 1.60. The monoisotopic (exact) mass is 202 g/mol. The Balaban J connectivity index is 2.59. The second kappa shape index (κ2) is 3.82. The van der Waals surface area contributed by atoms with E-state index in [1.165, 1.54) is 11.1 Å². The zero-order valence-electron chi connectivity index (χ0n) is 8.94. The lowest BCUT2D eigenvalue weighted by atomic mass is 10.1. The van der Waals surface area contributed by atoms with E-state index < -0.39 is 0 Å². The molecule has 0 spiro atoms. The molecule has 0 saturated heterocycles. The summed E-state index contributed by atoms with van der Waals surface area (Å²) in [6.07, 6.45) is 1.70. The second-order valence-electron chi connectivity index (χ2n) is 3.54. The lowest BCUT2D eigenvalue weighted by molar-refractivity contribution is 0.855. The molecule has 78 valence electrons. The molecule has 1 aromatic carbocycles. The predicted molar refractivity (Wildman–Crippen MR) is 58.7 cm³/mol. The number of hydrogen-bond donors (Lipinski definition) is 1. The molecule has 0 aliphatic heterocycles. The SMILES string of the molecule is Cc1cccc(-n2cnnc2CN)c1C. The Bertz CT molecular complexity index is 473. The van der Waals surface area contributed by atoms with Crippen LogP contribution in [-0.4, -0.2) is 14.8 Å². The highest BCUT2D eigenvalue weighted by molar-refractivity contribution is 5.45. The number of aromatic nitrogens is 3. The minimum atomic E-state index is 0.396. The molecule has 1 aromatic heterocycles. The molecule has 0 bridgehead atoms. The molecule has 0 saturated carbocycles. The van der Waals surface area contributed by atoms with Crippen molar-refractivity contribution in [2.24, 2.45) is 5.73 Å². The first kappa shape index (κ1) is 9.86. The van der Waals surface area contributed by atoms with Crippen molar-refractivity contribution in [3.63, 3.8) is 0 Å². The van der Waals surface area contributed by atoms with E-state index in [9.17, 15) is 0 Å². The Morgan fingerprint density at radius 2 is 2.13 bits per heavy atom. The van der Waals surface area contributed by atoms with Gasteiger partial charge in [-0.3, -0.25) is 4.57 Å². The van der Waals surface area contributed by atoms with E-state index in [0.717, 1.165) is 11.5 Å². The molecule has 0 atom stereocenters. The number of hydrogen-bond acceptors (Lipinski definition) is 3. The van der Waals surface area contributed by atoms with E-state index in [4.69, 9.17) is 5.73 Å². The van der Waals surface area contributed by atoms with Crippen LogP contribution in [0.5, 0.6) is 0 Å². The van der Waals surface area contributed by atoms with Crippen molar-refractivity contribution in [1.82, 2.24) is 14.8 Å². The van der Waals surface area contributed by atoms with Crippen molar-refractivity contribution in [2.45, 2.75) is 20.4 Å². The quantitative estimate of drug-likeness (QED) is 0.799. The van der Waals surface area contributed by atoms with Crippen LogP contribution < -0.4 is 5.73 Å². The maximum absolute atomic E-state index is 5.60. The number of rotatable bonds is 2. The van der Waals surface area contributed by atoms with Crippen LogP contribution in [0.3, 0.4) is 0 Å². The van der Waals surface area contributed by atoms with Gasteiger partial charge in [0.05, 0.1) is 12.2 Å². The summed E-state index contributed by atoms with van der Waals surface area (Å²) in [5, 5.41) is 7.84. The summed E-state index contributed by atoms with van der Waals surface area (Å²) in [7, 11) is 0. The normalized spacial score (nSPS) is 10.6. The molecule has 2 rings (SSSR count). The lowest BCUT2D eigenvalue weighted by Gasteiger charge is -2.10.